The number of aliphatic carboxylic acids is 1. The Hall–Kier alpha value is -1.30. The SMILES string of the molecule is CCC1(C(=O)O)CCCN1C(=O)NC(C)C1CCOC1. The molecule has 2 aliphatic rings. The Morgan fingerprint density at radius 2 is 2.30 bits per heavy atom. The molecule has 0 radical (unpaired) electrons. The van der Waals surface area contributed by atoms with E-state index in [-0.39, 0.29) is 12.1 Å². The molecule has 6 heteroatoms. The summed E-state index contributed by atoms with van der Waals surface area (Å²) in [7, 11) is 0. The third-order valence-electron chi connectivity index (χ3n) is 4.74. The second-order valence-corrected chi connectivity index (χ2v) is 5.81. The first kappa shape index (κ1) is 15.1. The van der Waals surface area contributed by atoms with Gasteiger partial charge in [0.2, 0.25) is 0 Å². The summed E-state index contributed by atoms with van der Waals surface area (Å²) in [5.41, 5.74) is -1.03. The number of likely N-dealkylation sites (tertiary alicyclic amines) is 1. The first-order chi connectivity index (χ1) is 9.51. The van der Waals surface area contributed by atoms with Crippen molar-refractivity contribution >= 4 is 12.0 Å². The summed E-state index contributed by atoms with van der Waals surface area (Å²) in [6, 6.07) is -0.250. The van der Waals surface area contributed by atoms with E-state index in [0.29, 0.717) is 31.9 Å². The zero-order chi connectivity index (χ0) is 14.8. The van der Waals surface area contributed by atoms with Crippen molar-refractivity contribution in [1.29, 1.82) is 0 Å². The van der Waals surface area contributed by atoms with Gasteiger partial charge in [-0.3, -0.25) is 0 Å². The third-order valence-corrected chi connectivity index (χ3v) is 4.74. The number of hydrogen-bond donors (Lipinski definition) is 2. The number of urea groups is 1. The summed E-state index contributed by atoms with van der Waals surface area (Å²) in [6.45, 7) is 5.71. The molecule has 0 aromatic rings. The molecule has 0 aliphatic carbocycles. The number of amides is 2. The van der Waals surface area contributed by atoms with Gasteiger partial charge in [0.25, 0.3) is 0 Å². The molecule has 2 fully saturated rings. The smallest absolute Gasteiger partial charge is 0.329 e. The van der Waals surface area contributed by atoms with E-state index in [1.807, 2.05) is 13.8 Å². The molecule has 114 valence electrons. The zero-order valence-corrected chi connectivity index (χ0v) is 12.2. The van der Waals surface area contributed by atoms with E-state index < -0.39 is 11.5 Å². The Labute approximate surface area is 119 Å². The van der Waals surface area contributed by atoms with Crippen LogP contribution < -0.4 is 5.32 Å². The van der Waals surface area contributed by atoms with Crippen LogP contribution in [0.15, 0.2) is 0 Å². The lowest BCUT2D eigenvalue weighted by Gasteiger charge is -2.35. The van der Waals surface area contributed by atoms with E-state index in [1.54, 1.807) is 0 Å². The Balaban J connectivity index is 2.02. The minimum absolute atomic E-state index is 0.00829. The molecule has 0 bridgehead atoms. The maximum absolute atomic E-state index is 12.4. The fraction of sp³-hybridized carbons (Fsp3) is 0.857. The van der Waals surface area contributed by atoms with E-state index in [4.69, 9.17) is 4.74 Å². The molecule has 0 aromatic carbocycles. The van der Waals surface area contributed by atoms with Crippen molar-refractivity contribution in [2.45, 2.75) is 51.1 Å². The highest BCUT2D eigenvalue weighted by molar-refractivity contribution is 5.87. The molecule has 2 heterocycles. The van der Waals surface area contributed by atoms with Gasteiger partial charge in [-0.05, 0) is 32.6 Å². The van der Waals surface area contributed by atoms with Crippen LogP contribution in [0.2, 0.25) is 0 Å². The van der Waals surface area contributed by atoms with Crippen molar-refractivity contribution in [2.75, 3.05) is 19.8 Å². The molecule has 2 rings (SSSR count). The molecule has 0 saturated carbocycles. The van der Waals surface area contributed by atoms with Gasteiger partial charge >= 0.3 is 12.0 Å². The van der Waals surface area contributed by atoms with E-state index in [2.05, 4.69) is 5.32 Å². The highest BCUT2D eigenvalue weighted by Gasteiger charge is 2.48. The second kappa shape index (κ2) is 5.99. The third kappa shape index (κ3) is 2.61. The van der Waals surface area contributed by atoms with Gasteiger partial charge in [0.1, 0.15) is 5.54 Å². The Morgan fingerprint density at radius 1 is 1.55 bits per heavy atom. The largest absolute Gasteiger partial charge is 0.479 e. The second-order valence-electron chi connectivity index (χ2n) is 5.81. The predicted molar refractivity (Wildman–Crippen MR) is 73.5 cm³/mol. The molecular formula is C14H24N2O4. The summed E-state index contributed by atoms with van der Waals surface area (Å²) in [5.74, 6) is -0.577. The highest BCUT2D eigenvalue weighted by atomic mass is 16.5. The van der Waals surface area contributed by atoms with Gasteiger partial charge in [-0.25, -0.2) is 9.59 Å². The Kier molecular flexibility index (Phi) is 4.52. The summed E-state index contributed by atoms with van der Waals surface area (Å²) >= 11 is 0. The molecule has 2 saturated heterocycles. The predicted octanol–water partition coefficient (Wildman–Crippen LogP) is 1.45. The highest BCUT2D eigenvalue weighted by Crippen LogP contribution is 2.33. The van der Waals surface area contributed by atoms with Gasteiger partial charge in [0, 0.05) is 25.1 Å². The van der Waals surface area contributed by atoms with Crippen LogP contribution in [0.25, 0.3) is 0 Å². The summed E-state index contributed by atoms with van der Waals surface area (Å²) in [6.07, 6.45) is 2.66. The molecule has 6 nitrogen and oxygen atoms in total. The van der Waals surface area contributed by atoms with Gasteiger partial charge in [0.05, 0.1) is 6.61 Å². The molecule has 3 unspecified atom stereocenters. The summed E-state index contributed by atoms with van der Waals surface area (Å²) < 4.78 is 5.33. The lowest BCUT2D eigenvalue weighted by molar-refractivity contribution is -0.148. The van der Waals surface area contributed by atoms with E-state index in [1.165, 1.54) is 4.90 Å². The normalized spacial score (nSPS) is 31.3. The summed E-state index contributed by atoms with van der Waals surface area (Å²) in [5, 5.41) is 12.4. The number of nitrogens with zero attached hydrogens (tertiary/aromatic N) is 1. The molecule has 2 aliphatic heterocycles. The topological polar surface area (TPSA) is 78.9 Å². The van der Waals surface area contributed by atoms with E-state index >= 15 is 0 Å². The van der Waals surface area contributed by atoms with Crippen molar-refractivity contribution in [3.05, 3.63) is 0 Å². The quantitative estimate of drug-likeness (QED) is 0.819. The number of carbonyl (C=O) groups is 2. The number of nitrogens with one attached hydrogen (secondary N) is 1. The molecular weight excluding hydrogens is 260 g/mol. The van der Waals surface area contributed by atoms with Crippen LogP contribution >= 0.6 is 0 Å². The molecule has 0 spiro atoms. The van der Waals surface area contributed by atoms with Crippen molar-refractivity contribution in [1.82, 2.24) is 10.2 Å². The number of carboxylic acids is 1. The standard InChI is InChI=1S/C14H24N2O4/c1-3-14(12(17)18)6-4-7-16(14)13(19)15-10(2)11-5-8-20-9-11/h10-11H,3-9H2,1-2H3,(H,15,19)(H,17,18). The Bertz CT molecular complexity index is 381. The fourth-order valence-corrected chi connectivity index (χ4v) is 3.25. The zero-order valence-electron chi connectivity index (χ0n) is 12.2. The van der Waals surface area contributed by atoms with Crippen molar-refractivity contribution < 1.29 is 19.4 Å². The van der Waals surface area contributed by atoms with Crippen LogP contribution in [-0.2, 0) is 9.53 Å². The lowest BCUT2D eigenvalue weighted by atomic mass is 9.93. The molecule has 0 aromatic heterocycles. The number of carboxylic acid groups (broad SMARTS) is 1. The number of hydrogen-bond acceptors (Lipinski definition) is 3. The van der Waals surface area contributed by atoms with Crippen LogP contribution in [-0.4, -0.2) is 53.3 Å². The molecule has 2 N–H and O–H groups in total. The van der Waals surface area contributed by atoms with Gasteiger partial charge in [-0.2, -0.15) is 0 Å². The van der Waals surface area contributed by atoms with Crippen molar-refractivity contribution in [3.8, 4) is 0 Å². The van der Waals surface area contributed by atoms with Gasteiger partial charge < -0.3 is 20.1 Å². The molecule has 2 amide bonds. The van der Waals surface area contributed by atoms with Gasteiger partial charge in [-0.15, -0.1) is 0 Å². The van der Waals surface area contributed by atoms with Gasteiger partial charge in [-0.1, -0.05) is 6.92 Å². The molecule has 20 heavy (non-hydrogen) atoms. The van der Waals surface area contributed by atoms with Crippen LogP contribution in [0.5, 0.6) is 0 Å². The maximum atomic E-state index is 12.4. The van der Waals surface area contributed by atoms with E-state index in [9.17, 15) is 14.7 Å². The van der Waals surface area contributed by atoms with Crippen molar-refractivity contribution in [3.63, 3.8) is 0 Å². The number of rotatable bonds is 4. The van der Waals surface area contributed by atoms with E-state index in [0.717, 1.165) is 19.4 Å². The van der Waals surface area contributed by atoms with Crippen molar-refractivity contribution in [2.24, 2.45) is 5.92 Å². The van der Waals surface area contributed by atoms with Crippen LogP contribution in [0.1, 0.15) is 39.5 Å². The minimum Gasteiger partial charge on any atom is -0.479 e. The van der Waals surface area contributed by atoms with Gasteiger partial charge in [0.15, 0.2) is 0 Å². The number of carbonyl (C=O) groups excluding carboxylic acids is 1. The first-order valence-corrected chi connectivity index (χ1v) is 7.40. The average Bonchev–Trinajstić information content (AvgIpc) is 3.08. The lowest BCUT2D eigenvalue weighted by Crippen LogP contribution is -2.57. The van der Waals surface area contributed by atoms with Crippen LogP contribution in [0.4, 0.5) is 4.79 Å². The number of ether oxygens (including phenoxy) is 1. The summed E-state index contributed by atoms with van der Waals surface area (Å²) in [4.78, 5) is 25.5. The fourth-order valence-electron chi connectivity index (χ4n) is 3.25. The molecule has 3 atom stereocenters. The first-order valence-electron chi connectivity index (χ1n) is 7.40. The monoisotopic (exact) mass is 284 g/mol. The minimum atomic E-state index is -1.03. The average molecular weight is 284 g/mol. The Morgan fingerprint density at radius 3 is 2.85 bits per heavy atom. The maximum Gasteiger partial charge on any atom is 0.329 e. The van der Waals surface area contributed by atoms with Crippen LogP contribution in [0.3, 0.4) is 0 Å². The van der Waals surface area contributed by atoms with Crippen LogP contribution in [0, 0.1) is 5.92 Å².